The Kier molecular flexibility index (Phi) is 9.15. The molecule has 3 aromatic carbocycles. The number of hydrogen-bond donors (Lipinski definition) is 1. The van der Waals surface area contributed by atoms with E-state index in [0.717, 1.165) is 35.5 Å². The fourth-order valence-corrected chi connectivity index (χ4v) is 4.08. The highest BCUT2D eigenvalue weighted by atomic mass is 16.5. The van der Waals surface area contributed by atoms with Crippen molar-refractivity contribution in [2.24, 2.45) is 0 Å². The fraction of sp³-hybridized carbons (Fsp3) is 0.367. The van der Waals surface area contributed by atoms with Gasteiger partial charge in [0.1, 0.15) is 11.5 Å². The topological polar surface area (TPSA) is 55.8 Å². The summed E-state index contributed by atoms with van der Waals surface area (Å²) in [5, 5.41) is 8.89. The third-order valence-electron chi connectivity index (χ3n) is 6.29. The first-order valence-electron chi connectivity index (χ1n) is 12.2. The van der Waals surface area contributed by atoms with Crippen LogP contribution in [-0.4, -0.2) is 23.8 Å². The molecule has 3 aromatic rings. The Balaban J connectivity index is 1.60. The fourth-order valence-electron chi connectivity index (χ4n) is 4.08. The molecule has 0 saturated heterocycles. The lowest BCUT2D eigenvalue weighted by Gasteiger charge is -2.22. The highest BCUT2D eigenvalue weighted by Gasteiger charge is 2.16. The average molecular weight is 461 g/mol. The maximum absolute atomic E-state index is 10.8. The summed E-state index contributed by atoms with van der Waals surface area (Å²) in [6.07, 6.45) is 2.43. The first-order valence-corrected chi connectivity index (χ1v) is 12.2. The molecule has 34 heavy (non-hydrogen) atoms. The minimum absolute atomic E-state index is 0.00476. The van der Waals surface area contributed by atoms with E-state index in [-0.39, 0.29) is 18.4 Å². The van der Waals surface area contributed by atoms with Crippen LogP contribution in [0.3, 0.4) is 0 Å². The third kappa shape index (κ3) is 7.11. The Bertz CT molecular complexity index is 1070. The van der Waals surface area contributed by atoms with E-state index in [1.54, 1.807) is 0 Å². The molecule has 0 aliphatic heterocycles. The molecule has 1 unspecified atom stereocenters. The maximum Gasteiger partial charge on any atom is 0.303 e. The van der Waals surface area contributed by atoms with Gasteiger partial charge in [-0.2, -0.15) is 0 Å². The van der Waals surface area contributed by atoms with E-state index < -0.39 is 5.97 Å². The molecule has 0 aliphatic rings. The van der Waals surface area contributed by atoms with Crippen molar-refractivity contribution in [1.29, 1.82) is 0 Å². The number of benzene rings is 3. The van der Waals surface area contributed by atoms with Crippen LogP contribution in [0.2, 0.25) is 0 Å². The Morgan fingerprint density at radius 3 is 2.44 bits per heavy atom. The molecule has 3 rings (SSSR count). The van der Waals surface area contributed by atoms with E-state index >= 15 is 0 Å². The largest absolute Gasteiger partial charge is 0.493 e. The molecule has 0 aromatic heterocycles. The molecule has 0 fully saturated rings. The summed E-state index contributed by atoms with van der Waals surface area (Å²) in [7, 11) is 0. The van der Waals surface area contributed by atoms with Crippen LogP contribution in [0, 0.1) is 6.92 Å². The molecule has 1 N–H and O–H groups in total. The highest BCUT2D eigenvalue weighted by Crippen LogP contribution is 2.33. The number of ether oxygens (including phenoxy) is 2. The first-order chi connectivity index (χ1) is 16.4. The second kappa shape index (κ2) is 12.3. The van der Waals surface area contributed by atoms with Gasteiger partial charge in [0.2, 0.25) is 0 Å². The lowest BCUT2D eigenvalue weighted by atomic mass is 9.91. The van der Waals surface area contributed by atoms with Crippen LogP contribution in [0.5, 0.6) is 11.5 Å². The molecule has 0 heterocycles. The molecule has 0 amide bonds. The Morgan fingerprint density at radius 2 is 1.76 bits per heavy atom. The number of carbonyl (C=O) groups is 1. The predicted octanol–water partition coefficient (Wildman–Crippen LogP) is 6.96. The third-order valence-corrected chi connectivity index (χ3v) is 6.29. The smallest absolute Gasteiger partial charge is 0.303 e. The normalized spacial score (nSPS) is 12.7. The quantitative estimate of drug-likeness (QED) is 0.317. The molecular formula is C30H36O4. The minimum Gasteiger partial charge on any atom is -0.493 e. The first kappa shape index (κ1) is 25.4. The summed E-state index contributed by atoms with van der Waals surface area (Å²) in [5.74, 6) is 1.20. The van der Waals surface area contributed by atoms with E-state index in [9.17, 15) is 4.79 Å². The number of aliphatic carboxylic acids is 1. The van der Waals surface area contributed by atoms with Gasteiger partial charge in [-0.25, -0.2) is 0 Å². The predicted molar refractivity (Wildman–Crippen MR) is 137 cm³/mol. The molecule has 0 bridgehead atoms. The van der Waals surface area contributed by atoms with Gasteiger partial charge in [0, 0.05) is 24.3 Å². The molecule has 4 nitrogen and oxygen atoms in total. The molecule has 0 spiro atoms. The zero-order valence-corrected chi connectivity index (χ0v) is 20.7. The SMILES string of the molecule is CCc1ccc(O[C@H](C)CCOc2ccc(CCC(=O)O)c(C)c2)c(C(C)c2ccccc2)c1. The van der Waals surface area contributed by atoms with Gasteiger partial charge in [-0.15, -0.1) is 0 Å². The van der Waals surface area contributed by atoms with Gasteiger partial charge in [-0.05, 0) is 67.1 Å². The number of carboxylic acids is 1. The van der Waals surface area contributed by atoms with E-state index in [2.05, 4.69) is 63.2 Å². The monoisotopic (exact) mass is 460 g/mol. The van der Waals surface area contributed by atoms with Gasteiger partial charge in [0.25, 0.3) is 0 Å². The van der Waals surface area contributed by atoms with Crippen molar-refractivity contribution in [2.75, 3.05) is 6.61 Å². The summed E-state index contributed by atoms with van der Waals surface area (Å²) in [6, 6.07) is 22.9. The van der Waals surface area contributed by atoms with Crippen molar-refractivity contribution in [3.63, 3.8) is 0 Å². The highest BCUT2D eigenvalue weighted by molar-refractivity contribution is 5.67. The molecule has 180 valence electrons. The van der Waals surface area contributed by atoms with Crippen LogP contribution in [0.25, 0.3) is 0 Å². The molecule has 2 atom stereocenters. The summed E-state index contributed by atoms with van der Waals surface area (Å²) in [4.78, 5) is 10.8. The number of carboxylic acid groups (broad SMARTS) is 1. The second-order valence-electron chi connectivity index (χ2n) is 8.91. The lowest BCUT2D eigenvalue weighted by molar-refractivity contribution is -0.136. The van der Waals surface area contributed by atoms with E-state index in [4.69, 9.17) is 14.6 Å². The van der Waals surface area contributed by atoms with Crippen molar-refractivity contribution < 1.29 is 19.4 Å². The van der Waals surface area contributed by atoms with Crippen molar-refractivity contribution in [1.82, 2.24) is 0 Å². The standard InChI is InChI=1S/C30H36O4/c1-5-24-11-15-29(28(20-24)23(4)26-9-7-6-8-10-26)34-22(3)17-18-33-27-14-12-25(21(2)19-27)13-16-30(31)32/h6-12,14-15,19-20,22-23H,5,13,16-18H2,1-4H3,(H,31,32)/t22-,23?/m1/s1. The van der Waals surface area contributed by atoms with Crippen molar-refractivity contribution in [3.8, 4) is 11.5 Å². The molecule has 4 heteroatoms. The number of rotatable bonds is 12. The van der Waals surface area contributed by atoms with Crippen molar-refractivity contribution >= 4 is 5.97 Å². The second-order valence-corrected chi connectivity index (χ2v) is 8.91. The van der Waals surface area contributed by atoms with Crippen LogP contribution < -0.4 is 9.47 Å². The van der Waals surface area contributed by atoms with Crippen molar-refractivity contribution in [3.05, 3.63) is 94.5 Å². The Hall–Kier alpha value is -3.27. The minimum atomic E-state index is -0.778. The van der Waals surface area contributed by atoms with E-state index in [1.807, 2.05) is 31.2 Å². The zero-order chi connectivity index (χ0) is 24.5. The Labute approximate surface area is 203 Å². The van der Waals surface area contributed by atoms with Gasteiger partial charge in [0.05, 0.1) is 12.7 Å². The number of hydrogen-bond acceptors (Lipinski definition) is 3. The Morgan fingerprint density at radius 1 is 1.00 bits per heavy atom. The lowest BCUT2D eigenvalue weighted by Crippen LogP contribution is -2.17. The van der Waals surface area contributed by atoms with E-state index in [0.29, 0.717) is 13.0 Å². The maximum atomic E-state index is 10.8. The molecular weight excluding hydrogens is 424 g/mol. The van der Waals surface area contributed by atoms with Gasteiger partial charge in [-0.1, -0.05) is 62.4 Å². The van der Waals surface area contributed by atoms with Gasteiger partial charge in [-0.3, -0.25) is 4.79 Å². The van der Waals surface area contributed by atoms with Gasteiger partial charge >= 0.3 is 5.97 Å². The van der Waals surface area contributed by atoms with Crippen LogP contribution in [0.4, 0.5) is 0 Å². The molecule has 0 saturated carbocycles. The van der Waals surface area contributed by atoms with Gasteiger partial charge < -0.3 is 14.6 Å². The van der Waals surface area contributed by atoms with Crippen LogP contribution in [-0.2, 0) is 17.6 Å². The molecule has 0 radical (unpaired) electrons. The van der Waals surface area contributed by atoms with Crippen molar-refractivity contribution in [2.45, 2.75) is 65.4 Å². The zero-order valence-electron chi connectivity index (χ0n) is 20.7. The van der Waals surface area contributed by atoms with Gasteiger partial charge in [0.15, 0.2) is 0 Å². The average Bonchev–Trinajstić information content (AvgIpc) is 2.83. The molecule has 0 aliphatic carbocycles. The van der Waals surface area contributed by atoms with Crippen LogP contribution in [0.15, 0.2) is 66.7 Å². The van der Waals surface area contributed by atoms with E-state index in [1.165, 1.54) is 16.7 Å². The summed E-state index contributed by atoms with van der Waals surface area (Å²) in [6.45, 7) is 9.02. The summed E-state index contributed by atoms with van der Waals surface area (Å²) < 4.78 is 12.4. The number of aryl methyl sites for hydroxylation is 3. The summed E-state index contributed by atoms with van der Waals surface area (Å²) >= 11 is 0. The summed E-state index contributed by atoms with van der Waals surface area (Å²) in [5.41, 5.74) is 5.90. The van der Waals surface area contributed by atoms with Crippen LogP contribution >= 0.6 is 0 Å². The van der Waals surface area contributed by atoms with Crippen LogP contribution in [0.1, 0.15) is 67.3 Å².